The van der Waals surface area contributed by atoms with Crippen molar-refractivity contribution in [3.8, 4) is 11.1 Å². The number of fused-ring (bicyclic) bond motifs is 1. The Hall–Kier alpha value is -2.88. The predicted molar refractivity (Wildman–Crippen MR) is 78.5 cm³/mol. The first-order chi connectivity index (χ1) is 9.66. The van der Waals surface area contributed by atoms with E-state index in [2.05, 4.69) is 4.98 Å². The Bertz CT molecular complexity index is 865. The highest BCUT2D eigenvalue weighted by Crippen LogP contribution is 2.28. The minimum Gasteiger partial charge on any atom is -0.366 e. The molecule has 0 unspecified atom stereocenters. The smallest absolute Gasteiger partial charge is 0.249 e. The second kappa shape index (κ2) is 4.66. The number of aromatic amines is 1. The summed E-state index contributed by atoms with van der Waals surface area (Å²) < 4.78 is 0. The van der Waals surface area contributed by atoms with Crippen molar-refractivity contribution in [2.45, 2.75) is 0 Å². The lowest BCUT2D eigenvalue weighted by Gasteiger charge is -2.09. The maximum Gasteiger partial charge on any atom is 0.249 e. The van der Waals surface area contributed by atoms with Gasteiger partial charge in [-0.25, -0.2) is 0 Å². The van der Waals surface area contributed by atoms with Crippen molar-refractivity contribution in [3.05, 3.63) is 70.5 Å². The lowest BCUT2D eigenvalue weighted by molar-refractivity contribution is 0.100. The molecule has 2 aromatic carbocycles. The molecule has 0 saturated carbocycles. The Morgan fingerprint density at radius 3 is 2.45 bits per heavy atom. The van der Waals surface area contributed by atoms with Crippen LogP contribution in [0.2, 0.25) is 0 Å². The third kappa shape index (κ3) is 1.97. The highest BCUT2D eigenvalue weighted by Gasteiger charge is 2.12. The van der Waals surface area contributed by atoms with E-state index in [1.807, 2.05) is 30.3 Å². The maximum absolute atomic E-state index is 11.8. The molecule has 3 rings (SSSR count). The van der Waals surface area contributed by atoms with Gasteiger partial charge in [-0.3, -0.25) is 9.59 Å². The van der Waals surface area contributed by atoms with Gasteiger partial charge >= 0.3 is 0 Å². The Labute approximate surface area is 114 Å². The molecule has 0 fully saturated rings. The number of carbonyl (C=O) groups is 1. The number of aromatic nitrogens is 1. The Morgan fingerprint density at radius 1 is 0.950 bits per heavy atom. The molecular weight excluding hydrogens is 252 g/mol. The highest BCUT2D eigenvalue weighted by molar-refractivity contribution is 6.04. The van der Waals surface area contributed by atoms with E-state index in [9.17, 15) is 9.59 Å². The molecular formula is C16H12N2O2. The normalized spacial score (nSPS) is 10.6. The molecule has 0 saturated heterocycles. The fourth-order valence-electron chi connectivity index (χ4n) is 2.36. The van der Waals surface area contributed by atoms with Crippen molar-refractivity contribution >= 4 is 16.8 Å². The summed E-state index contributed by atoms with van der Waals surface area (Å²) in [6.07, 6.45) is 0. The predicted octanol–water partition coefficient (Wildman–Crippen LogP) is 2.29. The highest BCUT2D eigenvalue weighted by atomic mass is 16.1. The molecule has 20 heavy (non-hydrogen) atoms. The number of para-hydroxylation sites is 1. The number of nitrogens with one attached hydrogen (secondary N) is 1. The molecule has 3 N–H and O–H groups in total. The first-order valence-electron chi connectivity index (χ1n) is 6.18. The van der Waals surface area contributed by atoms with Crippen LogP contribution < -0.4 is 11.3 Å². The van der Waals surface area contributed by atoms with Gasteiger partial charge in [0.2, 0.25) is 11.5 Å². The van der Waals surface area contributed by atoms with Gasteiger partial charge in [0, 0.05) is 22.5 Å². The SMILES string of the molecule is NC(=O)c1ccccc1-c1cc(=O)[nH]c2ccccc12. The van der Waals surface area contributed by atoms with E-state index in [1.165, 1.54) is 6.07 Å². The van der Waals surface area contributed by atoms with Crippen molar-refractivity contribution in [2.24, 2.45) is 5.73 Å². The van der Waals surface area contributed by atoms with E-state index in [0.717, 1.165) is 10.9 Å². The van der Waals surface area contributed by atoms with Gasteiger partial charge < -0.3 is 10.7 Å². The zero-order valence-corrected chi connectivity index (χ0v) is 10.6. The fraction of sp³-hybridized carbons (Fsp3) is 0. The Balaban J connectivity index is 2.41. The van der Waals surface area contributed by atoms with Crippen molar-refractivity contribution in [3.63, 3.8) is 0 Å². The largest absolute Gasteiger partial charge is 0.366 e. The standard InChI is InChI=1S/C16H12N2O2/c17-16(20)12-7-2-1-5-10(12)13-9-15(19)18-14-8-4-3-6-11(13)14/h1-9H,(H2,17,20)(H,18,19). The number of carbonyl (C=O) groups excluding carboxylic acids is 1. The Morgan fingerprint density at radius 2 is 1.65 bits per heavy atom. The average Bonchev–Trinajstić information content (AvgIpc) is 2.46. The minimum atomic E-state index is -0.509. The zero-order valence-electron chi connectivity index (χ0n) is 10.6. The van der Waals surface area contributed by atoms with Crippen LogP contribution in [0.15, 0.2) is 59.4 Å². The number of benzene rings is 2. The molecule has 1 amide bonds. The molecule has 1 aromatic heterocycles. The molecule has 0 atom stereocenters. The summed E-state index contributed by atoms with van der Waals surface area (Å²) >= 11 is 0. The van der Waals surface area contributed by atoms with Crippen molar-refractivity contribution in [2.75, 3.05) is 0 Å². The van der Waals surface area contributed by atoms with E-state index in [4.69, 9.17) is 5.73 Å². The van der Waals surface area contributed by atoms with Crippen LogP contribution in [-0.4, -0.2) is 10.9 Å². The van der Waals surface area contributed by atoms with Crippen LogP contribution in [0.25, 0.3) is 22.0 Å². The van der Waals surface area contributed by atoms with E-state index < -0.39 is 5.91 Å². The molecule has 98 valence electrons. The van der Waals surface area contributed by atoms with Crippen LogP contribution in [0.3, 0.4) is 0 Å². The van der Waals surface area contributed by atoms with Crippen molar-refractivity contribution in [1.82, 2.24) is 4.98 Å². The summed E-state index contributed by atoms with van der Waals surface area (Å²) in [5, 5.41) is 0.876. The summed E-state index contributed by atoms with van der Waals surface area (Å²) in [6.45, 7) is 0. The number of hydrogen-bond acceptors (Lipinski definition) is 2. The minimum absolute atomic E-state index is 0.210. The van der Waals surface area contributed by atoms with Gasteiger partial charge in [0.15, 0.2) is 0 Å². The van der Waals surface area contributed by atoms with Crippen LogP contribution >= 0.6 is 0 Å². The van der Waals surface area contributed by atoms with Gasteiger partial charge in [-0.05, 0) is 23.3 Å². The molecule has 4 nitrogen and oxygen atoms in total. The number of rotatable bonds is 2. The topological polar surface area (TPSA) is 76.0 Å². The number of amides is 1. The van der Waals surface area contributed by atoms with Crippen LogP contribution in [0.1, 0.15) is 10.4 Å². The van der Waals surface area contributed by atoms with E-state index in [0.29, 0.717) is 16.7 Å². The molecule has 1 heterocycles. The van der Waals surface area contributed by atoms with Crippen LogP contribution in [0.5, 0.6) is 0 Å². The molecule has 0 aliphatic carbocycles. The fourth-order valence-corrected chi connectivity index (χ4v) is 2.36. The number of nitrogens with two attached hydrogens (primary N) is 1. The number of hydrogen-bond donors (Lipinski definition) is 2. The summed E-state index contributed by atoms with van der Waals surface area (Å²) in [6, 6.07) is 16.0. The molecule has 0 aliphatic rings. The average molecular weight is 264 g/mol. The zero-order chi connectivity index (χ0) is 14.1. The summed E-state index contributed by atoms with van der Waals surface area (Å²) in [4.78, 5) is 26.1. The Kier molecular flexibility index (Phi) is 2.84. The van der Waals surface area contributed by atoms with Crippen molar-refractivity contribution in [1.29, 1.82) is 0 Å². The second-order valence-electron chi connectivity index (χ2n) is 4.50. The van der Waals surface area contributed by atoms with Crippen LogP contribution in [0, 0.1) is 0 Å². The summed E-state index contributed by atoms with van der Waals surface area (Å²) in [5.41, 5.74) is 7.71. The van der Waals surface area contributed by atoms with Crippen LogP contribution in [0.4, 0.5) is 0 Å². The van der Waals surface area contributed by atoms with Gasteiger partial charge in [0.25, 0.3) is 0 Å². The van der Waals surface area contributed by atoms with Crippen molar-refractivity contribution < 1.29 is 4.79 Å². The number of H-pyrrole nitrogens is 1. The van der Waals surface area contributed by atoms with Gasteiger partial charge in [-0.2, -0.15) is 0 Å². The third-order valence-electron chi connectivity index (χ3n) is 3.23. The molecule has 4 heteroatoms. The molecule has 0 radical (unpaired) electrons. The van der Waals surface area contributed by atoms with Gasteiger partial charge in [0.05, 0.1) is 0 Å². The molecule has 0 spiro atoms. The third-order valence-corrected chi connectivity index (χ3v) is 3.23. The first kappa shape index (κ1) is 12.2. The summed E-state index contributed by atoms with van der Waals surface area (Å²) in [7, 11) is 0. The lowest BCUT2D eigenvalue weighted by atomic mass is 9.96. The quantitative estimate of drug-likeness (QED) is 0.745. The molecule has 0 bridgehead atoms. The van der Waals surface area contributed by atoms with Gasteiger partial charge in [0.1, 0.15) is 0 Å². The molecule has 3 aromatic rings. The van der Waals surface area contributed by atoms with Gasteiger partial charge in [-0.1, -0.05) is 36.4 Å². The van der Waals surface area contributed by atoms with E-state index >= 15 is 0 Å². The first-order valence-corrected chi connectivity index (χ1v) is 6.18. The number of pyridine rings is 1. The van der Waals surface area contributed by atoms with E-state index in [1.54, 1.807) is 18.2 Å². The maximum atomic E-state index is 11.8. The monoisotopic (exact) mass is 264 g/mol. The van der Waals surface area contributed by atoms with Gasteiger partial charge in [-0.15, -0.1) is 0 Å². The van der Waals surface area contributed by atoms with Crippen LogP contribution in [-0.2, 0) is 0 Å². The molecule has 0 aliphatic heterocycles. The second-order valence-corrected chi connectivity index (χ2v) is 4.50. The van der Waals surface area contributed by atoms with E-state index in [-0.39, 0.29) is 5.56 Å². The lowest BCUT2D eigenvalue weighted by Crippen LogP contribution is -2.13. The summed E-state index contributed by atoms with van der Waals surface area (Å²) in [5.74, 6) is -0.509. The number of primary amides is 1.